The van der Waals surface area contributed by atoms with Crippen LogP contribution < -0.4 is 10.2 Å². The van der Waals surface area contributed by atoms with Gasteiger partial charge in [-0.05, 0) is 12.1 Å². The van der Waals surface area contributed by atoms with Crippen LogP contribution in [-0.4, -0.2) is 42.5 Å². The summed E-state index contributed by atoms with van der Waals surface area (Å²) in [5.74, 6) is 0.0956. The predicted molar refractivity (Wildman–Crippen MR) is 64.2 cm³/mol. The molecule has 1 aliphatic rings. The Morgan fingerprint density at radius 2 is 2.31 bits per heavy atom. The number of phenolic OH excluding ortho intramolecular Hbond substituents is 1. The summed E-state index contributed by atoms with van der Waals surface area (Å²) in [6, 6.07) is 5.30. The smallest absolute Gasteiger partial charge is 0.136 e. The number of phenols is 1. The minimum atomic E-state index is 0.0894. The Morgan fingerprint density at radius 3 is 3.00 bits per heavy atom. The molecule has 1 atom stereocenters. The Morgan fingerprint density at radius 1 is 1.50 bits per heavy atom. The average Bonchev–Trinajstić information content (AvgIpc) is 2.33. The molecular formula is C11H15ClN2O2. The third-order valence-electron chi connectivity index (χ3n) is 2.77. The van der Waals surface area contributed by atoms with Crippen molar-refractivity contribution < 1.29 is 10.2 Å². The van der Waals surface area contributed by atoms with Crippen molar-refractivity contribution in [2.75, 3.05) is 31.1 Å². The first-order valence-electron chi connectivity index (χ1n) is 5.28. The monoisotopic (exact) mass is 242 g/mol. The third-order valence-corrected chi connectivity index (χ3v) is 3.09. The fraction of sp³-hybridized carbons (Fsp3) is 0.455. The average molecular weight is 243 g/mol. The lowest BCUT2D eigenvalue weighted by Gasteiger charge is -2.34. The maximum absolute atomic E-state index is 9.53. The van der Waals surface area contributed by atoms with Gasteiger partial charge in [0.05, 0.1) is 11.6 Å². The Labute approximate surface area is 99.5 Å². The molecule has 0 saturated carbocycles. The molecule has 1 heterocycles. The quantitative estimate of drug-likeness (QED) is 0.719. The maximum Gasteiger partial charge on any atom is 0.136 e. The molecule has 1 aliphatic heterocycles. The number of nitrogens with zero attached hydrogens (tertiary/aromatic N) is 1. The van der Waals surface area contributed by atoms with E-state index in [0.29, 0.717) is 5.02 Å². The van der Waals surface area contributed by atoms with Gasteiger partial charge >= 0.3 is 0 Å². The van der Waals surface area contributed by atoms with Crippen LogP contribution in [0.2, 0.25) is 5.02 Å². The van der Waals surface area contributed by atoms with E-state index in [-0.39, 0.29) is 18.4 Å². The zero-order chi connectivity index (χ0) is 11.5. The number of aromatic hydroxyl groups is 1. The highest BCUT2D eigenvalue weighted by Gasteiger charge is 2.19. The number of benzene rings is 1. The molecule has 0 unspecified atom stereocenters. The van der Waals surface area contributed by atoms with Gasteiger partial charge in [-0.1, -0.05) is 11.6 Å². The first-order chi connectivity index (χ1) is 7.70. The van der Waals surface area contributed by atoms with E-state index in [1.807, 2.05) is 6.07 Å². The first-order valence-corrected chi connectivity index (χ1v) is 5.66. The summed E-state index contributed by atoms with van der Waals surface area (Å²) in [7, 11) is 0. The Kier molecular flexibility index (Phi) is 3.53. The van der Waals surface area contributed by atoms with E-state index in [9.17, 15) is 5.11 Å². The molecule has 0 amide bonds. The summed E-state index contributed by atoms with van der Waals surface area (Å²) < 4.78 is 0. The molecule has 1 aromatic carbocycles. The van der Waals surface area contributed by atoms with Crippen LogP contribution in [0.25, 0.3) is 0 Å². The zero-order valence-corrected chi connectivity index (χ0v) is 9.61. The van der Waals surface area contributed by atoms with Crippen molar-refractivity contribution in [1.29, 1.82) is 0 Å². The summed E-state index contributed by atoms with van der Waals surface area (Å²) in [6.07, 6.45) is 0. The maximum atomic E-state index is 9.53. The van der Waals surface area contributed by atoms with Gasteiger partial charge in [0.1, 0.15) is 5.75 Å². The van der Waals surface area contributed by atoms with Crippen molar-refractivity contribution in [3.8, 4) is 5.75 Å². The van der Waals surface area contributed by atoms with E-state index >= 15 is 0 Å². The number of piperazine rings is 1. The van der Waals surface area contributed by atoms with E-state index in [1.165, 1.54) is 0 Å². The van der Waals surface area contributed by atoms with Crippen LogP contribution in [0.1, 0.15) is 0 Å². The van der Waals surface area contributed by atoms with Crippen molar-refractivity contribution >= 4 is 17.3 Å². The van der Waals surface area contributed by atoms with Gasteiger partial charge < -0.3 is 20.4 Å². The first kappa shape index (κ1) is 11.5. The Balaban J connectivity index is 2.13. The zero-order valence-electron chi connectivity index (χ0n) is 8.86. The molecule has 4 nitrogen and oxygen atoms in total. The lowest BCUT2D eigenvalue weighted by Crippen LogP contribution is -2.52. The number of anilines is 1. The molecule has 1 aromatic rings. The lowest BCUT2D eigenvalue weighted by molar-refractivity contribution is 0.235. The van der Waals surface area contributed by atoms with Crippen LogP contribution in [0.4, 0.5) is 5.69 Å². The molecule has 1 saturated heterocycles. The molecule has 3 N–H and O–H groups in total. The van der Waals surface area contributed by atoms with Gasteiger partial charge in [-0.2, -0.15) is 0 Å². The second-order valence-corrected chi connectivity index (χ2v) is 4.32. The lowest BCUT2D eigenvalue weighted by atomic mass is 10.2. The summed E-state index contributed by atoms with van der Waals surface area (Å²) in [5.41, 5.74) is 0.932. The van der Waals surface area contributed by atoms with Crippen molar-refractivity contribution in [2.45, 2.75) is 6.04 Å². The fourth-order valence-corrected chi connectivity index (χ4v) is 2.00. The van der Waals surface area contributed by atoms with Crippen LogP contribution in [-0.2, 0) is 0 Å². The van der Waals surface area contributed by atoms with Crippen LogP contribution in [0.5, 0.6) is 5.75 Å². The molecule has 16 heavy (non-hydrogen) atoms. The van der Waals surface area contributed by atoms with E-state index < -0.39 is 0 Å². The standard InChI is InChI=1S/C11H15ClN2O2/c12-10-2-1-9(5-11(10)16)14-4-3-13-8(6-14)7-15/h1-2,5,8,13,15-16H,3-4,6-7H2/t8-/m1/s1. The highest BCUT2D eigenvalue weighted by atomic mass is 35.5. The van der Waals surface area contributed by atoms with Gasteiger partial charge in [-0.3, -0.25) is 0 Å². The van der Waals surface area contributed by atoms with Crippen LogP contribution in [0.15, 0.2) is 18.2 Å². The van der Waals surface area contributed by atoms with E-state index in [4.69, 9.17) is 16.7 Å². The van der Waals surface area contributed by atoms with Gasteiger partial charge in [-0.15, -0.1) is 0 Å². The molecule has 5 heteroatoms. The Hall–Kier alpha value is -0.970. The van der Waals surface area contributed by atoms with Crippen molar-refractivity contribution in [1.82, 2.24) is 5.32 Å². The molecule has 2 rings (SSSR count). The van der Waals surface area contributed by atoms with E-state index in [2.05, 4.69) is 10.2 Å². The highest BCUT2D eigenvalue weighted by Crippen LogP contribution is 2.28. The number of nitrogens with one attached hydrogen (secondary N) is 1. The number of hydrogen-bond acceptors (Lipinski definition) is 4. The third kappa shape index (κ3) is 2.40. The second kappa shape index (κ2) is 4.91. The summed E-state index contributed by atoms with van der Waals surface area (Å²) in [4.78, 5) is 2.12. The van der Waals surface area contributed by atoms with Crippen LogP contribution in [0.3, 0.4) is 0 Å². The molecule has 88 valence electrons. The second-order valence-electron chi connectivity index (χ2n) is 3.92. The number of hydrogen-bond donors (Lipinski definition) is 3. The molecule has 1 fully saturated rings. The van der Waals surface area contributed by atoms with Gasteiger partial charge in [0.15, 0.2) is 0 Å². The largest absolute Gasteiger partial charge is 0.506 e. The molecular weight excluding hydrogens is 228 g/mol. The Bertz CT molecular complexity index is 373. The molecule has 0 aliphatic carbocycles. The van der Waals surface area contributed by atoms with Crippen LogP contribution >= 0.6 is 11.6 Å². The highest BCUT2D eigenvalue weighted by molar-refractivity contribution is 6.32. The molecule has 0 bridgehead atoms. The number of halogens is 1. The van der Waals surface area contributed by atoms with Crippen molar-refractivity contribution in [3.05, 3.63) is 23.2 Å². The SMILES string of the molecule is OC[C@H]1CN(c2ccc(Cl)c(O)c2)CCN1. The van der Waals surface area contributed by atoms with Crippen LogP contribution in [0, 0.1) is 0 Å². The summed E-state index contributed by atoms with van der Waals surface area (Å²) in [5, 5.41) is 22.2. The summed E-state index contributed by atoms with van der Waals surface area (Å²) >= 11 is 5.75. The molecule has 0 radical (unpaired) electrons. The van der Waals surface area contributed by atoms with E-state index in [1.54, 1.807) is 12.1 Å². The van der Waals surface area contributed by atoms with Gasteiger partial charge in [0.2, 0.25) is 0 Å². The topological polar surface area (TPSA) is 55.7 Å². The minimum Gasteiger partial charge on any atom is -0.506 e. The summed E-state index contributed by atoms with van der Waals surface area (Å²) in [6.45, 7) is 2.54. The number of rotatable bonds is 2. The predicted octanol–water partition coefficient (Wildman–Crippen LogP) is 0.816. The normalized spacial score (nSPS) is 21.1. The minimum absolute atomic E-state index is 0.0894. The molecule has 0 spiro atoms. The van der Waals surface area contributed by atoms with Gasteiger partial charge in [0.25, 0.3) is 0 Å². The van der Waals surface area contributed by atoms with Crippen molar-refractivity contribution in [2.24, 2.45) is 0 Å². The van der Waals surface area contributed by atoms with Gasteiger partial charge in [0, 0.05) is 37.4 Å². The van der Waals surface area contributed by atoms with Crippen molar-refractivity contribution in [3.63, 3.8) is 0 Å². The molecule has 0 aromatic heterocycles. The van der Waals surface area contributed by atoms with Gasteiger partial charge in [-0.25, -0.2) is 0 Å². The fourth-order valence-electron chi connectivity index (χ4n) is 1.88. The number of aliphatic hydroxyl groups is 1. The van der Waals surface area contributed by atoms with E-state index in [0.717, 1.165) is 25.3 Å². The number of aliphatic hydroxyl groups excluding tert-OH is 1.